The third-order valence-corrected chi connectivity index (χ3v) is 4.69. The Labute approximate surface area is 198 Å². The number of aromatic nitrogens is 1. The fourth-order valence-electron chi connectivity index (χ4n) is 2.90. The van der Waals surface area contributed by atoms with Crippen molar-refractivity contribution in [1.82, 2.24) is 15.8 Å². The maximum Gasteiger partial charge on any atom is 0.279 e. The maximum atomic E-state index is 12.5. The molecule has 9 nitrogen and oxygen atoms in total. The monoisotopic (exact) mass is 465 g/mol. The molecule has 2 N–H and O–H groups in total. The van der Waals surface area contributed by atoms with Crippen molar-refractivity contribution < 1.29 is 28.5 Å². The van der Waals surface area contributed by atoms with Gasteiger partial charge in [0.2, 0.25) is 0 Å². The number of nitrogens with one attached hydrogen (secondary N) is 2. The zero-order valence-corrected chi connectivity index (χ0v) is 19.2. The number of nitrogens with zero attached hydrogens (tertiary/aromatic N) is 1. The summed E-state index contributed by atoms with van der Waals surface area (Å²) in [6.45, 7) is 4.36. The Balaban J connectivity index is 1.52. The van der Waals surface area contributed by atoms with Crippen LogP contribution in [0, 0.1) is 0 Å². The van der Waals surface area contributed by atoms with Gasteiger partial charge >= 0.3 is 0 Å². The van der Waals surface area contributed by atoms with Crippen LogP contribution in [-0.4, -0.2) is 36.6 Å². The summed E-state index contributed by atoms with van der Waals surface area (Å²) in [6, 6.07) is 15.3. The molecular formula is C25H27N3O6. The van der Waals surface area contributed by atoms with Crippen LogP contribution in [0.3, 0.4) is 0 Å². The first-order valence-corrected chi connectivity index (χ1v) is 10.7. The second-order valence-corrected chi connectivity index (χ2v) is 7.12. The highest BCUT2D eigenvalue weighted by molar-refractivity contribution is 5.96. The number of benzene rings is 2. The van der Waals surface area contributed by atoms with Gasteiger partial charge in [0.1, 0.15) is 18.1 Å². The van der Waals surface area contributed by atoms with Crippen molar-refractivity contribution >= 4 is 11.8 Å². The summed E-state index contributed by atoms with van der Waals surface area (Å²) < 4.78 is 22.1. The topological polar surface area (TPSA) is 108 Å². The quantitative estimate of drug-likeness (QED) is 0.442. The minimum Gasteiger partial charge on any atom is -0.494 e. The molecule has 2 aromatic carbocycles. The summed E-state index contributed by atoms with van der Waals surface area (Å²) in [4.78, 5) is 28.8. The van der Waals surface area contributed by atoms with Gasteiger partial charge in [0.25, 0.3) is 11.8 Å². The third kappa shape index (κ3) is 6.86. The second kappa shape index (κ2) is 12.1. The van der Waals surface area contributed by atoms with Gasteiger partial charge in [0, 0.05) is 18.0 Å². The van der Waals surface area contributed by atoms with Gasteiger partial charge < -0.3 is 18.9 Å². The number of pyridine rings is 1. The summed E-state index contributed by atoms with van der Waals surface area (Å²) in [5, 5.41) is 0. The molecule has 1 atom stereocenters. The number of hydrogen-bond donors (Lipinski definition) is 2. The molecule has 0 spiro atoms. The predicted molar refractivity (Wildman–Crippen MR) is 125 cm³/mol. The average molecular weight is 466 g/mol. The third-order valence-electron chi connectivity index (χ3n) is 4.69. The van der Waals surface area contributed by atoms with E-state index < -0.39 is 17.9 Å². The van der Waals surface area contributed by atoms with E-state index >= 15 is 0 Å². The number of methoxy groups -OCH3 is 1. The average Bonchev–Trinajstić information content (AvgIpc) is 2.87. The molecule has 0 aliphatic rings. The Morgan fingerprint density at radius 1 is 0.912 bits per heavy atom. The molecule has 0 bridgehead atoms. The molecule has 3 rings (SSSR count). The van der Waals surface area contributed by atoms with E-state index in [1.165, 1.54) is 13.2 Å². The van der Waals surface area contributed by atoms with Crippen LogP contribution < -0.4 is 29.8 Å². The number of amides is 2. The number of hydrogen-bond acceptors (Lipinski definition) is 7. The van der Waals surface area contributed by atoms with E-state index in [1.807, 2.05) is 19.1 Å². The zero-order chi connectivity index (χ0) is 24.3. The van der Waals surface area contributed by atoms with E-state index in [-0.39, 0.29) is 5.56 Å². The fourth-order valence-corrected chi connectivity index (χ4v) is 2.90. The van der Waals surface area contributed by atoms with Crippen LogP contribution in [-0.2, 0) is 11.4 Å². The smallest absolute Gasteiger partial charge is 0.279 e. The van der Waals surface area contributed by atoms with Gasteiger partial charge in [-0.05, 0) is 74.0 Å². The van der Waals surface area contributed by atoms with Crippen LogP contribution in [0.25, 0.3) is 0 Å². The van der Waals surface area contributed by atoms with E-state index in [1.54, 1.807) is 55.7 Å². The molecule has 178 valence electrons. The molecule has 0 radical (unpaired) electrons. The summed E-state index contributed by atoms with van der Waals surface area (Å²) in [6.07, 6.45) is 2.53. The van der Waals surface area contributed by atoms with E-state index in [4.69, 9.17) is 18.9 Å². The van der Waals surface area contributed by atoms with E-state index in [0.29, 0.717) is 36.2 Å². The van der Waals surface area contributed by atoms with Crippen LogP contribution in [0.1, 0.15) is 29.8 Å². The first-order chi connectivity index (χ1) is 16.5. The zero-order valence-electron chi connectivity index (χ0n) is 19.2. The number of ether oxygens (including phenoxy) is 4. The van der Waals surface area contributed by atoms with Gasteiger partial charge in [-0.25, -0.2) is 0 Å². The van der Waals surface area contributed by atoms with Crippen LogP contribution >= 0.6 is 0 Å². The molecule has 1 heterocycles. The van der Waals surface area contributed by atoms with Crippen molar-refractivity contribution in [3.8, 4) is 23.0 Å². The Hall–Kier alpha value is -4.27. The molecule has 1 unspecified atom stereocenters. The van der Waals surface area contributed by atoms with Gasteiger partial charge in [-0.1, -0.05) is 0 Å². The standard InChI is InChI=1S/C25H27N3O6/c1-4-32-20-6-8-21(9-7-20)34-17(2)24(29)27-28-25(30)19-5-10-22(23(15-19)31-3)33-16-18-11-13-26-14-12-18/h5-15,17H,4,16H2,1-3H3,(H,27,29)(H,28,30). The van der Waals surface area contributed by atoms with Crippen molar-refractivity contribution in [1.29, 1.82) is 0 Å². The fraction of sp³-hybridized carbons (Fsp3) is 0.240. The number of carbonyl (C=O) groups excluding carboxylic acids is 2. The molecule has 0 saturated heterocycles. The summed E-state index contributed by atoms with van der Waals surface area (Å²) >= 11 is 0. The lowest BCUT2D eigenvalue weighted by Gasteiger charge is -2.16. The van der Waals surface area contributed by atoms with Crippen LogP contribution in [0.2, 0.25) is 0 Å². The lowest BCUT2D eigenvalue weighted by Crippen LogP contribution is -2.47. The first kappa shape index (κ1) is 24.4. The normalized spacial score (nSPS) is 11.1. The van der Waals surface area contributed by atoms with E-state index in [9.17, 15) is 9.59 Å². The molecule has 0 aliphatic carbocycles. The number of hydrazine groups is 1. The number of carbonyl (C=O) groups is 2. The highest BCUT2D eigenvalue weighted by Gasteiger charge is 2.17. The predicted octanol–water partition coefficient (Wildman–Crippen LogP) is 3.30. The Bertz CT molecular complexity index is 1090. The van der Waals surface area contributed by atoms with Gasteiger partial charge in [-0.3, -0.25) is 25.4 Å². The molecule has 3 aromatic rings. The largest absolute Gasteiger partial charge is 0.494 e. The molecular weight excluding hydrogens is 438 g/mol. The molecule has 0 saturated carbocycles. The van der Waals surface area contributed by atoms with Gasteiger partial charge in [0.05, 0.1) is 13.7 Å². The van der Waals surface area contributed by atoms with Gasteiger partial charge in [0.15, 0.2) is 17.6 Å². The Kier molecular flexibility index (Phi) is 8.67. The molecule has 0 fully saturated rings. The maximum absolute atomic E-state index is 12.5. The lowest BCUT2D eigenvalue weighted by molar-refractivity contribution is -0.128. The van der Waals surface area contributed by atoms with Crippen LogP contribution in [0.15, 0.2) is 67.0 Å². The SMILES string of the molecule is CCOc1ccc(OC(C)C(=O)NNC(=O)c2ccc(OCc3ccncc3)c(OC)c2)cc1. The summed E-state index contributed by atoms with van der Waals surface area (Å²) in [7, 11) is 1.48. The summed E-state index contributed by atoms with van der Waals surface area (Å²) in [5.74, 6) is 1.07. The minimum atomic E-state index is -0.836. The molecule has 2 amide bonds. The first-order valence-electron chi connectivity index (χ1n) is 10.7. The highest BCUT2D eigenvalue weighted by atomic mass is 16.5. The molecule has 34 heavy (non-hydrogen) atoms. The second-order valence-electron chi connectivity index (χ2n) is 7.12. The van der Waals surface area contributed by atoms with Crippen molar-refractivity contribution in [2.75, 3.05) is 13.7 Å². The number of rotatable bonds is 10. The van der Waals surface area contributed by atoms with Gasteiger partial charge in [-0.15, -0.1) is 0 Å². The van der Waals surface area contributed by atoms with E-state index in [2.05, 4.69) is 15.8 Å². The molecule has 0 aliphatic heterocycles. The van der Waals surface area contributed by atoms with Crippen molar-refractivity contribution in [3.05, 3.63) is 78.1 Å². The van der Waals surface area contributed by atoms with Crippen LogP contribution in [0.4, 0.5) is 0 Å². The molecule has 9 heteroatoms. The van der Waals surface area contributed by atoms with E-state index in [0.717, 1.165) is 5.56 Å². The lowest BCUT2D eigenvalue weighted by atomic mass is 10.2. The van der Waals surface area contributed by atoms with Gasteiger partial charge in [-0.2, -0.15) is 0 Å². The Morgan fingerprint density at radius 2 is 1.62 bits per heavy atom. The highest BCUT2D eigenvalue weighted by Crippen LogP contribution is 2.28. The Morgan fingerprint density at radius 3 is 2.29 bits per heavy atom. The van der Waals surface area contributed by atoms with Crippen molar-refractivity contribution in [2.45, 2.75) is 26.6 Å². The molecule has 1 aromatic heterocycles. The van der Waals surface area contributed by atoms with Crippen LogP contribution in [0.5, 0.6) is 23.0 Å². The van der Waals surface area contributed by atoms with Crippen molar-refractivity contribution in [2.24, 2.45) is 0 Å². The minimum absolute atomic E-state index is 0.286. The summed E-state index contributed by atoms with van der Waals surface area (Å²) in [5.41, 5.74) is 5.98. The van der Waals surface area contributed by atoms with Crippen molar-refractivity contribution in [3.63, 3.8) is 0 Å².